The molecule has 0 unspecified atom stereocenters. The molecule has 0 aliphatic carbocycles. The van der Waals surface area contributed by atoms with Crippen LogP contribution in [0, 0.1) is 0 Å². The van der Waals surface area contributed by atoms with Gasteiger partial charge in [-0.25, -0.2) is 4.79 Å². The average molecular weight is 381 g/mol. The van der Waals surface area contributed by atoms with E-state index in [2.05, 4.69) is 9.88 Å². The van der Waals surface area contributed by atoms with Crippen molar-refractivity contribution in [3.8, 4) is 0 Å². The molecule has 1 aliphatic heterocycles. The predicted molar refractivity (Wildman–Crippen MR) is 104 cm³/mol. The van der Waals surface area contributed by atoms with Gasteiger partial charge in [-0.05, 0) is 23.6 Å². The number of hydrogen-bond acceptors (Lipinski definition) is 5. The number of amides is 1. The average Bonchev–Trinajstić information content (AvgIpc) is 3.16. The fourth-order valence-corrected chi connectivity index (χ4v) is 4.24. The summed E-state index contributed by atoms with van der Waals surface area (Å²) in [6.07, 6.45) is 1.68. The van der Waals surface area contributed by atoms with Crippen LogP contribution < -0.4 is 0 Å². The summed E-state index contributed by atoms with van der Waals surface area (Å²) in [4.78, 5) is 33.8. The lowest BCUT2D eigenvalue weighted by Gasteiger charge is -2.34. The molecule has 27 heavy (non-hydrogen) atoms. The Kier molecular flexibility index (Phi) is 4.87. The van der Waals surface area contributed by atoms with E-state index >= 15 is 0 Å². The molecule has 6 nitrogen and oxygen atoms in total. The second-order valence-corrected chi connectivity index (χ2v) is 7.69. The molecule has 0 atom stereocenters. The molecule has 3 heterocycles. The second kappa shape index (κ2) is 7.46. The maximum absolute atomic E-state index is 12.9. The van der Waals surface area contributed by atoms with Gasteiger partial charge in [0, 0.05) is 49.2 Å². The number of aromatic nitrogens is 1. The molecule has 138 valence electrons. The van der Waals surface area contributed by atoms with E-state index in [1.54, 1.807) is 12.3 Å². The minimum atomic E-state index is -0.885. The van der Waals surface area contributed by atoms with E-state index in [0.29, 0.717) is 30.2 Å². The van der Waals surface area contributed by atoms with Gasteiger partial charge in [-0.2, -0.15) is 0 Å². The summed E-state index contributed by atoms with van der Waals surface area (Å²) in [5.41, 5.74) is 0.505. The first-order valence-electron chi connectivity index (χ1n) is 8.79. The number of rotatable bonds is 4. The van der Waals surface area contributed by atoms with Crippen LogP contribution in [0.5, 0.6) is 0 Å². The smallest absolute Gasteiger partial charge is 0.345 e. The first kappa shape index (κ1) is 17.6. The number of aromatic carboxylic acids is 1. The number of thiophene rings is 1. The third-order valence-electron chi connectivity index (χ3n) is 4.79. The lowest BCUT2D eigenvalue weighted by Crippen LogP contribution is -2.48. The van der Waals surface area contributed by atoms with E-state index in [0.717, 1.165) is 28.7 Å². The van der Waals surface area contributed by atoms with Crippen molar-refractivity contribution in [2.45, 2.75) is 6.54 Å². The number of nitrogens with zero attached hydrogens (tertiary/aromatic N) is 3. The number of hydrogen-bond donors (Lipinski definition) is 1. The Labute approximate surface area is 160 Å². The minimum Gasteiger partial charge on any atom is -0.477 e. The fraction of sp³-hybridized carbons (Fsp3) is 0.250. The Morgan fingerprint density at radius 2 is 1.81 bits per heavy atom. The summed E-state index contributed by atoms with van der Waals surface area (Å²) in [5, 5.41) is 10.9. The summed E-state index contributed by atoms with van der Waals surface area (Å²) in [6, 6.07) is 13.2. The molecule has 1 aromatic carbocycles. The molecule has 1 N–H and O–H groups in total. The van der Waals surface area contributed by atoms with Crippen molar-refractivity contribution in [2.75, 3.05) is 26.2 Å². The second-order valence-electron chi connectivity index (χ2n) is 6.52. The molecule has 0 spiro atoms. The van der Waals surface area contributed by atoms with Crippen LogP contribution in [0.3, 0.4) is 0 Å². The van der Waals surface area contributed by atoms with Crippen LogP contribution in [0.2, 0.25) is 0 Å². The molecule has 1 amide bonds. The number of pyridine rings is 1. The van der Waals surface area contributed by atoms with Gasteiger partial charge >= 0.3 is 5.97 Å². The van der Waals surface area contributed by atoms with E-state index in [9.17, 15) is 9.59 Å². The standard InChI is InChI=1S/C20H19N3O3S/c24-19(18-16-4-2-1-3-14(16)7-8-21-18)23-11-9-22(10-12-23)13-15-5-6-17(27-15)20(25)26/h1-8H,9-13H2,(H,25,26). The van der Waals surface area contributed by atoms with Crippen LogP contribution in [-0.4, -0.2) is 57.9 Å². The number of carboxylic acid groups (broad SMARTS) is 1. The Bertz CT molecular complexity index is 988. The molecule has 2 aromatic heterocycles. The van der Waals surface area contributed by atoms with Crippen LogP contribution in [0.25, 0.3) is 10.8 Å². The van der Waals surface area contributed by atoms with Gasteiger partial charge in [0.2, 0.25) is 0 Å². The number of carbonyl (C=O) groups excluding carboxylic acids is 1. The normalized spacial score (nSPS) is 15.2. The van der Waals surface area contributed by atoms with Crippen molar-refractivity contribution in [2.24, 2.45) is 0 Å². The van der Waals surface area contributed by atoms with Gasteiger partial charge in [-0.1, -0.05) is 24.3 Å². The lowest BCUT2D eigenvalue weighted by atomic mass is 10.1. The number of fused-ring (bicyclic) bond motifs is 1. The summed E-state index contributed by atoms with van der Waals surface area (Å²) < 4.78 is 0. The van der Waals surface area contributed by atoms with E-state index < -0.39 is 5.97 Å². The quantitative estimate of drug-likeness (QED) is 0.752. The van der Waals surface area contributed by atoms with E-state index in [1.807, 2.05) is 41.3 Å². The highest BCUT2D eigenvalue weighted by atomic mass is 32.1. The van der Waals surface area contributed by atoms with Crippen molar-refractivity contribution in [3.63, 3.8) is 0 Å². The molecule has 0 radical (unpaired) electrons. The largest absolute Gasteiger partial charge is 0.477 e. The van der Waals surface area contributed by atoms with Gasteiger partial charge in [-0.15, -0.1) is 11.3 Å². The zero-order valence-electron chi connectivity index (χ0n) is 14.7. The number of carboxylic acids is 1. The predicted octanol–water partition coefficient (Wildman–Crippen LogP) is 2.95. The molecule has 0 bridgehead atoms. The van der Waals surface area contributed by atoms with Gasteiger partial charge in [0.25, 0.3) is 5.91 Å². The minimum absolute atomic E-state index is 0.0317. The highest BCUT2D eigenvalue weighted by Crippen LogP contribution is 2.21. The van der Waals surface area contributed by atoms with Crippen molar-refractivity contribution >= 4 is 34.0 Å². The molecule has 1 aliphatic rings. The van der Waals surface area contributed by atoms with Crippen LogP contribution in [0.15, 0.2) is 48.7 Å². The van der Waals surface area contributed by atoms with E-state index in [1.165, 1.54) is 11.3 Å². The maximum Gasteiger partial charge on any atom is 0.345 e. The first-order valence-corrected chi connectivity index (χ1v) is 9.61. The summed E-state index contributed by atoms with van der Waals surface area (Å²) in [6.45, 7) is 3.52. The van der Waals surface area contributed by atoms with Gasteiger partial charge < -0.3 is 10.0 Å². The van der Waals surface area contributed by atoms with Crippen molar-refractivity contribution in [3.05, 3.63) is 64.1 Å². The van der Waals surface area contributed by atoms with Gasteiger partial charge in [0.1, 0.15) is 10.6 Å². The summed E-state index contributed by atoms with van der Waals surface area (Å²) in [7, 11) is 0. The molecule has 1 fully saturated rings. The highest BCUT2D eigenvalue weighted by Gasteiger charge is 2.24. The third-order valence-corrected chi connectivity index (χ3v) is 5.85. The van der Waals surface area contributed by atoms with Crippen molar-refractivity contribution < 1.29 is 14.7 Å². The van der Waals surface area contributed by atoms with Crippen LogP contribution in [0.1, 0.15) is 25.0 Å². The Morgan fingerprint density at radius 1 is 1.04 bits per heavy atom. The topological polar surface area (TPSA) is 73.7 Å². The molecular weight excluding hydrogens is 362 g/mol. The van der Waals surface area contributed by atoms with Crippen LogP contribution in [0.4, 0.5) is 0 Å². The molecular formula is C20H19N3O3S. The van der Waals surface area contributed by atoms with Crippen LogP contribution >= 0.6 is 11.3 Å². The SMILES string of the molecule is O=C(O)c1ccc(CN2CCN(C(=O)c3nccc4ccccc34)CC2)s1. The Balaban J connectivity index is 1.41. The maximum atomic E-state index is 12.9. The van der Waals surface area contributed by atoms with Gasteiger partial charge in [0.05, 0.1) is 0 Å². The van der Waals surface area contributed by atoms with Crippen LogP contribution in [-0.2, 0) is 6.54 Å². The molecule has 0 saturated carbocycles. The number of carbonyl (C=O) groups is 2. The molecule has 7 heteroatoms. The van der Waals surface area contributed by atoms with E-state index in [4.69, 9.17) is 5.11 Å². The van der Waals surface area contributed by atoms with E-state index in [-0.39, 0.29) is 5.91 Å². The molecule has 3 aromatic rings. The van der Waals surface area contributed by atoms with Crippen molar-refractivity contribution in [1.29, 1.82) is 0 Å². The zero-order valence-corrected chi connectivity index (χ0v) is 15.5. The first-order chi connectivity index (χ1) is 13.1. The zero-order chi connectivity index (χ0) is 18.8. The highest BCUT2D eigenvalue weighted by molar-refractivity contribution is 7.13. The fourth-order valence-electron chi connectivity index (χ4n) is 3.35. The third kappa shape index (κ3) is 3.70. The Morgan fingerprint density at radius 3 is 2.56 bits per heavy atom. The number of piperazine rings is 1. The lowest BCUT2D eigenvalue weighted by molar-refractivity contribution is 0.0625. The molecule has 4 rings (SSSR count). The summed E-state index contributed by atoms with van der Waals surface area (Å²) in [5.74, 6) is -0.917. The molecule has 1 saturated heterocycles. The van der Waals surface area contributed by atoms with Gasteiger partial charge in [-0.3, -0.25) is 14.7 Å². The monoisotopic (exact) mass is 381 g/mol. The Hall–Kier alpha value is -2.77. The number of benzene rings is 1. The van der Waals surface area contributed by atoms with Crippen molar-refractivity contribution in [1.82, 2.24) is 14.8 Å². The summed E-state index contributed by atoms with van der Waals surface area (Å²) >= 11 is 1.31. The van der Waals surface area contributed by atoms with Gasteiger partial charge in [0.15, 0.2) is 0 Å².